The molecule has 0 bridgehead atoms. The fourth-order valence-electron chi connectivity index (χ4n) is 3.97. The van der Waals surface area contributed by atoms with E-state index in [1.54, 1.807) is 23.5 Å². The number of sulfonamides is 1. The van der Waals surface area contributed by atoms with Crippen LogP contribution in [-0.4, -0.2) is 43.7 Å². The number of rotatable bonds is 5. The molecule has 1 N–H and O–H groups in total. The molecule has 29 heavy (non-hydrogen) atoms. The molecule has 0 radical (unpaired) electrons. The zero-order valence-electron chi connectivity index (χ0n) is 16.1. The van der Waals surface area contributed by atoms with E-state index in [1.165, 1.54) is 22.2 Å². The van der Waals surface area contributed by atoms with Gasteiger partial charge in [-0.3, -0.25) is 14.5 Å². The minimum atomic E-state index is -3.54. The average molecular weight is 434 g/mol. The van der Waals surface area contributed by atoms with E-state index in [0.29, 0.717) is 37.3 Å². The molecule has 2 aromatic rings. The SMILES string of the molecule is CC(=O)N1c2ccc(S(=O)(=O)N3CCCC3)cc2CC1C(=O)NCc1cccs1. The largest absolute Gasteiger partial charge is 0.349 e. The number of nitrogens with one attached hydrogen (secondary N) is 1. The van der Waals surface area contributed by atoms with Crippen molar-refractivity contribution < 1.29 is 18.0 Å². The van der Waals surface area contributed by atoms with Gasteiger partial charge in [0.15, 0.2) is 0 Å². The van der Waals surface area contributed by atoms with E-state index in [1.807, 2.05) is 17.5 Å². The third kappa shape index (κ3) is 3.82. The van der Waals surface area contributed by atoms with Gasteiger partial charge in [0.25, 0.3) is 0 Å². The molecular formula is C20H23N3O4S2. The molecule has 9 heteroatoms. The highest BCUT2D eigenvalue weighted by molar-refractivity contribution is 7.89. The standard InChI is InChI=1S/C20H23N3O4S2/c1-14(24)23-18-7-6-17(29(26,27)22-8-2-3-9-22)11-15(18)12-19(23)20(25)21-13-16-5-4-10-28-16/h4-7,10-11,19H,2-3,8-9,12-13H2,1H3,(H,21,25). The second-order valence-corrected chi connectivity index (χ2v) is 10.3. The minimum absolute atomic E-state index is 0.223. The summed E-state index contributed by atoms with van der Waals surface area (Å²) in [5.41, 5.74) is 1.31. The maximum absolute atomic E-state index is 12.9. The Kier molecular flexibility index (Phi) is 5.46. The first-order chi connectivity index (χ1) is 13.9. The summed E-state index contributed by atoms with van der Waals surface area (Å²) in [6, 6.07) is 7.98. The van der Waals surface area contributed by atoms with Crippen LogP contribution in [0, 0.1) is 0 Å². The zero-order valence-corrected chi connectivity index (χ0v) is 17.8. The highest BCUT2D eigenvalue weighted by Crippen LogP contribution is 2.35. The smallest absolute Gasteiger partial charge is 0.243 e. The molecule has 1 aromatic carbocycles. The van der Waals surface area contributed by atoms with Crippen LogP contribution >= 0.6 is 11.3 Å². The number of carbonyl (C=O) groups is 2. The van der Waals surface area contributed by atoms with Gasteiger partial charge in [-0.15, -0.1) is 11.3 Å². The number of fused-ring (bicyclic) bond motifs is 1. The van der Waals surface area contributed by atoms with Crippen molar-refractivity contribution in [3.05, 3.63) is 46.2 Å². The third-order valence-electron chi connectivity index (χ3n) is 5.40. The van der Waals surface area contributed by atoms with Gasteiger partial charge in [0.05, 0.1) is 11.4 Å². The Morgan fingerprint density at radius 1 is 1.21 bits per heavy atom. The number of carbonyl (C=O) groups excluding carboxylic acids is 2. The van der Waals surface area contributed by atoms with Gasteiger partial charge in [-0.25, -0.2) is 8.42 Å². The lowest BCUT2D eigenvalue weighted by atomic mass is 10.1. The van der Waals surface area contributed by atoms with Crippen LogP contribution in [-0.2, 0) is 32.6 Å². The Bertz CT molecular complexity index is 1030. The van der Waals surface area contributed by atoms with E-state index in [9.17, 15) is 18.0 Å². The highest BCUT2D eigenvalue weighted by Gasteiger charge is 2.38. The van der Waals surface area contributed by atoms with Crippen LogP contribution in [0.4, 0.5) is 5.69 Å². The molecule has 1 unspecified atom stereocenters. The van der Waals surface area contributed by atoms with Gasteiger partial charge in [-0.1, -0.05) is 6.07 Å². The molecule has 4 rings (SSSR count). The molecule has 3 heterocycles. The van der Waals surface area contributed by atoms with Gasteiger partial charge < -0.3 is 5.32 Å². The Hall–Kier alpha value is -2.23. The molecule has 1 saturated heterocycles. The first-order valence-corrected chi connectivity index (χ1v) is 11.9. The number of hydrogen-bond donors (Lipinski definition) is 1. The summed E-state index contributed by atoms with van der Waals surface area (Å²) in [5.74, 6) is -0.482. The van der Waals surface area contributed by atoms with E-state index in [-0.39, 0.29) is 16.7 Å². The summed E-state index contributed by atoms with van der Waals surface area (Å²) in [4.78, 5) is 27.8. The van der Waals surface area contributed by atoms with Crippen LogP contribution in [0.3, 0.4) is 0 Å². The predicted octanol–water partition coefficient (Wildman–Crippen LogP) is 2.13. The van der Waals surface area contributed by atoms with Crippen LogP contribution in [0.1, 0.15) is 30.2 Å². The second-order valence-electron chi connectivity index (χ2n) is 7.31. The molecule has 0 aliphatic carbocycles. The zero-order chi connectivity index (χ0) is 20.6. The lowest BCUT2D eigenvalue weighted by Gasteiger charge is -2.23. The lowest BCUT2D eigenvalue weighted by Crippen LogP contribution is -2.47. The van der Waals surface area contributed by atoms with Crippen LogP contribution in [0.5, 0.6) is 0 Å². The molecule has 0 spiro atoms. The van der Waals surface area contributed by atoms with Crippen molar-refractivity contribution in [1.82, 2.24) is 9.62 Å². The van der Waals surface area contributed by atoms with Crippen molar-refractivity contribution in [3.63, 3.8) is 0 Å². The molecule has 1 aromatic heterocycles. The topological polar surface area (TPSA) is 86.8 Å². The van der Waals surface area contributed by atoms with Gasteiger partial charge in [-0.05, 0) is 48.1 Å². The molecule has 7 nitrogen and oxygen atoms in total. The van der Waals surface area contributed by atoms with E-state index >= 15 is 0 Å². The number of nitrogens with zero attached hydrogens (tertiary/aromatic N) is 2. The summed E-state index contributed by atoms with van der Waals surface area (Å²) in [6.45, 7) is 2.90. The normalized spacial score (nSPS) is 19.3. The van der Waals surface area contributed by atoms with Crippen LogP contribution < -0.4 is 10.2 Å². The monoisotopic (exact) mass is 433 g/mol. The van der Waals surface area contributed by atoms with Gasteiger partial charge in [-0.2, -0.15) is 4.31 Å². The van der Waals surface area contributed by atoms with Gasteiger partial charge in [0.1, 0.15) is 6.04 Å². The maximum Gasteiger partial charge on any atom is 0.243 e. The maximum atomic E-state index is 12.9. The van der Waals surface area contributed by atoms with Gasteiger partial charge >= 0.3 is 0 Å². The quantitative estimate of drug-likeness (QED) is 0.783. The number of anilines is 1. The first kappa shape index (κ1) is 20.1. The number of benzene rings is 1. The summed E-state index contributed by atoms with van der Waals surface area (Å²) in [5, 5.41) is 4.83. The van der Waals surface area contributed by atoms with Gasteiger partial charge in [0, 0.05) is 37.0 Å². The Morgan fingerprint density at radius 2 is 1.97 bits per heavy atom. The Morgan fingerprint density at radius 3 is 2.62 bits per heavy atom. The van der Waals surface area contributed by atoms with Crippen molar-refractivity contribution in [3.8, 4) is 0 Å². The predicted molar refractivity (Wildman–Crippen MR) is 111 cm³/mol. The molecular weight excluding hydrogens is 410 g/mol. The third-order valence-corrected chi connectivity index (χ3v) is 8.17. The minimum Gasteiger partial charge on any atom is -0.349 e. The highest BCUT2D eigenvalue weighted by atomic mass is 32.2. The van der Waals surface area contributed by atoms with Crippen molar-refractivity contribution >= 4 is 38.9 Å². The van der Waals surface area contributed by atoms with Gasteiger partial charge in [0.2, 0.25) is 21.8 Å². The summed E-state index contributed by atoms with van der Waals surface area (Å²) < 4.78 is 27.2. The summed E-state index contributed by atoms with van der Waals surface area (Å²) >= 11 is 1.55. The van der Waals surface area contributed by atoms with Crippen molar-refractivity contribution in [2.24, 2.45) is 0 Å². The fourth-order valence-corrected chi connectivity index (χ4v) is 6.18. The van der Waals surface area contributed by atoms with Crippen LogP contribution in [0.2, 0.25) is 0 Å². The summed E-state index contributed by atoms with van der Waals surface area (Å²) in [6.07, 6.45) is 2.04. The van der Waals surface area contributed by atoms with E-state index in [4.69, 9.17) is 0 Å². The summed E-state index contributed by atoms with van der Waals surface area (Å²) in [7, 11) is -3.54. The van der Waals surface area contributed by atoms with Crippen LogP contribution in [0.25, 0.3) is 0 Å². The van der Waals surface area contributed by atoms with Crippen molar-refractivity contribution in [2.45, 2.75) is 43.7 Å². The van der Waals surface area contributed by atoms with Crippen LogP contribution in [0.15, 0.2) is 40.6 Å². The van der Waals surface area contributed by atoms with E-state index < -0.39 is 16.1 Å². The van der Waals surface area contributed by atoms with E-state index in [0.717, 1.165) is 17.7 Å². The molecule has 1 atom stereocenters. The number of hydrogen-bond acceptors (Lipinski definition) is 5. The molecule has 2 aliphatic heterocycles. The first-order valence-electron chi connectivity index (χ1n) is 9.61. The van der Waals surface area contributed by atoms with Crippen molar-refractivity contribution in [1.29, 1.82) is 0 Å². The molecule has 0 saturated carbocycles. The second kappa shape index (κ2) is 7.89. The Balaban J connectivity index is 1.57. The molecule has 2 aliphatic rings. The lowest BCUT2D eigenvalue weighted by molar-refractivity contribution is -0.125. The molecule has 2 amide bonds. The molecule has 154 valence electrons. The average Bonchev–Trinajstić information content (AvgIpc) is 3.45. The number of amides is 2. The molecule has 1 fully saturated rings. The fraction of sp³-hybridized carbons (Fsp3) is 0.400. The van der Waals surface area contributed by atoms with E-state index in [2.05, 4.69) is 5.32 Å². The number of thiophene rings is 1. The van der Waals surface area contributed by atoms with Crippen molar-refractivity contribution in [2.75, 3.05) is 18.0 Å². The Labute approximate surface area is 174 Å².